The Morgan fingerprint density at radius 1 is 1.24 bits per heavy atom. The lowest BCUT2D eigenvalue weighted by Gasteiger charge is -2.35. The summed E-state index contributed by atoms with van der Waals surface area (Å²) in [7, 11) is 2.19. The third kappa shape index (κ3) is 8.33. The normalized spacial score (nSPS) is 17.6. The van der Waals surface area contributed by atoms with E-state index in [-0.39, 0.29) is 24.0 Å². The van der Waals surface area contributed by atoms with Gasteiger partial charge in [-0.2, -0.15) is 0 Å². The van der Waals surface area contributed by atoms with Crippen LogP contribution in [0.5, 0.6) is 0 Å². The van der Waals surface area contributed by atoms with Crippen molar-refractivity contribution in [2.45, 2.75) is 26.3 Å². The summed E-state index contributed by atoms with van der Waals surface area (Å²) < 4.78 is 0. The second-order valence-electron chi connectivity index (χ2n) is 6.41. The third-order valence-corrected chi connectivity index (χ3v) is 4.42. The van der Waals surface area contributed by atoms with Crippen LogP contribution in [0.25, 0.3) is 0 Å². The Morgan fingerprint density at radius 2 is 2.00 bits per heavy atom. The van der Waals surface area contributed by atoms with Crippen LogP contribution >= 0.6 is 24.0 Å². The van der Waals surface area contributed by atoms with Crippen LogP contribution in [0.15, 0.2) is 29.4 Å². The number of nitrogens with zero attached hydrogens (tertiary/aromatic N) is 4. The molecule has 1 fully saturated rings. The largest absolute Gasteiger partial charge is 0.357 e. The number of guanidine groups is 1. The molecular formula is C18H33IN6. The second-order valence-corrected chi connectivity index (χ2v) is 6.41. The predicted molar refractivity (Wildman–Crippen MR) is 116 cm³/mol. The second kappa shape index (κ2) is 12.4. The molecule has 1 aliphatic rings. The van der Waals surface area contributed by atoms with E-state index in [1.54, 1.807) is 0 Å². The van der Waals surface area contributed by atoms with Crippen LogP contribution in [0.3, 0.4) is 0 Å². The number of halogens is 1. The van der Waals surface area contributed by atoms with Crippen LogP contribution in [-0.4, -0.2) is 79.6 Å². The molecule has 0 saturated carbocycles. The molecule has 142 valence electrons. The summed E-state index contributed by atoms with van der Waals surface area (Å²) in [6.07, 6.45) is 2.74. The highest BCUT2D eigenvalue weighted by atomic mass is 127. The summed E-state index contributed by atoms with van der Waals surface area (Å²) in [4.78, 5) is 14.0. The van der Waals surface area contributed by atoms with Gasteiger partial charge in [0.25, 0.3) is 0 Å². The molecule has 2 N–H and O–H groups in total. The first kappa shape index (κ1) is 22.1. The molecule has 1 aliphatic heterocycles. The number of hydrogen-bond acceptors (Lipinski definition) is 4. The van der Waals surface area contributed by atoms with Crippen molar-refractivity contribution in [2.24, 2.45) is 4.99 Å². The average Bonchev–Trinajstić information content (AvgIpc) is 2.61. The Kier molecular flexibility index (Phi) is 11.0. The zero-order valence-electron chi connectivity index (χ0n) is 15.7. The van der Waals surface area contributed by atoms with Crippen molar-refractivity contribution in [1.29, 1.82) is 0 Å². The van der Waals surface area contributed by atoms with Crippen molar-refractivity contribution < 1.29 is 0 Å². The van der Waals surface area contributed by atoms with Crippen molar-refractivity contribution >= 4 is 29.9 Å². The first-order chi connectivity index (χ1) is 11.7. The highest BCUT2D eigenvalue weighted by Gasteiger charge is 2.18. The fraction of sp³-hybridized carbons (Fsp3) is 0.667. The molecule has 0 radical (unpaired) electrons. The molecule has 1 aromatic rings. The van der Waals surface area contributed by atoms with Crippen molar-refractivity contribution in [3.05, 3.63) is 30.1 Å². The highest BCUT2D eigenvalue weighted by Crippen LogP contribution is 2.05. The molecule has 0 bridgehead atoms. The molecule has 1 unspecified atom stereocenters. The Morgan fingerprint density at radius 3 is 2.64 bits per heavy atom. The highest BCUT2D eigenvalue weighted by molar-refractivity contribution is 14.0. The van der Waals surface area contributed by atoms with Gasteiger partial charge in [0.2, 0.25) is 0 Å². The van der Waals surface area contributed by atoms with Gasteiger partial charge >= 0.3 is 0 Å². The maximum absolute atomic E-state index is 4.76. The van der Waals surface area contributed by atoms with E-state index < -0.39 is 0 Å². The monoisotopic (exact) mass is 460 g/mol. The molecule has 25 heavy (non-hydrogen) atoms. The number of rotatable bonds is 7. The van der Waals surface area contributed by atoms with Gasteiger partial charge in [-0.05, 0) is 33.0 Å². The van der Waals surface area contributed by atoms with Crippen molar-refractivity contribution in [2.75, 3.05) is 52.9 Å². The van der Waals surface area contributed by atoms with Gasteiger partial charge < -0.3 is 15.5 Å². The molecule has 0 aliphatic carbocycles. The summed E-state index contributed by atoms with van der Waals surface area (Å²) in [5, 5.41) is 6.73. The zero-order valence-corrected chi connectivity index (χ0v) is 18.1. The minimum absolute atomic E-state index is 0. The van der Waals surface area contributed by atoms with E-state index in [1.807, 2.05) is 18.3 Å². The summed E-state index contributed by atoms with van der Waals surface area (Å²) >= 11 is 0. The fourth-order valence-corrected chi connectivity index (χ4v) is 2.80. The van der Waals surface area contributed by atoms with E-state index in [4.69, 9.17) is 4.99 Å². The molecule has 0 aromatic carbocycles. The molecule has 1 atom stereocenters. The van der Waals surface area contributed by atoms with E-state index in [0.717, 1.165) is 63.9 Å². The standard InChI is InChI=1S/C18H32N6.HI/c1-4-19-18(21-10-8-17-7-5-6-9-20-17)22-15-16(2)24-13-11-23(3)12-14-24;/h5-7,9,16H,4,8,10-15H2,1-3H3,(H2,19,21,22);1H. The van der Waals surface area contributed by atoms with Gasteiger partial charge in [-0.25, -0.2) is 0 Å². The number of pyridine rings is 1. The van der Waals surface area contributed by atoms with Crippen molar-refractivity contribution in [1.82, 2.24) is 25.4 Å². The summed E-state index contributed by atoms with van der Waals surface area (Å²) in [5.41, 5.74) is 1.10. The molecule has 0 amide bonds. The zero-order chi connectivity index (χ0) is 17.2. The Bertz CT molecular complexity index is 488. The quantitative estimate of drug-likeness (QED) is 0.367. The van der Waals surface area contributed by atoms with Crippen LogP contribution in [-0.2, 0) is 6.42 Å². The first-order valence-electron chi connectivity index (χ1n) is 9.03. The number of hydrogen-bond donors (Lipinski definition) is 2. The number of nitrogens with one attached hydrogen (secondary N) is 2. The van der Waals surface area contributed by atoms with Crippen LogP contribution in [0.2, 0.25) is 0 Å². The van der Waals surface area contributed by atoms with E-state index in [1.165, 1.54) is 0 Å². The Hall–Kier alpha value is -0.930. The lowest BCUT2D eigenvalue weighted by molar-refractivity contribution is 0.122. The SMILES string of the molecule is CCNC(=NCC(C)N1CCN(C)CC1)NCCc1ccccn1.I. The summed E-state index contributed by atoms with van der Waals surface area (Å²) in [6.45, 7) is 11.5. The predicted octanol–water partition coefficient (Wildman–Crippen LogP) is 1.43. The fourth-order valence-electron chi connectivity index (χ4n) is 2.80. The minimum Gasteiger partial charge on any atom is -0.357 e. The first-order valence-corrected chi connectivity index (χ1v) is 9.03. The molecule has 0 spiro atoms. The van der Waals surface area contributed by atoms with E-state index in [0.29, 0.717) is 6.04 Å². The molecular weight excluding hydrogens is 427 g/mol. The topological polar surface area (TPSA) is 55.8 Å². The van der Waals surface area contributed by atoms with E-state index >= 15 is 0 Å². The average molecular weight is 460 g/mol. The maximum Gasteiger partial charge on any atom is 0.191 e. The summed E-state index contributed by atoms with van der Waals surface area (Å²) in [6, 6.07) is 6.51. The van der Waals surface area contributed by atoms with Crippen LogP contribution < -0.4 is 10.6 Å². The van der Waals surface area contributed by atoms with Gasteiger partial charge in [-0.3, -0.25) is 14.9 Å². The molecule has 1 aromatic heterocycles. The van der Waals surface area contributed by atoms with E-state index in [2.05, 4.69) is 52.4 Å². The van der Waals surface area contributed by atoms with E-state index in [9.17, 15) is 0 Å². The van der Waals surface area contributed by atoms with Crippen LogP contribution in [0, 0.1) is 0 Å². The number of likely N-dealkylation sites (N-methyl/N-ethyl adjacent to an activating group) is 1. The number of piperazine rings is 1. The molecule has 6 nitrogen and oxygen atoms in total. The molecule has 7 heteroatoms. The lowest BCUT2D eigenvalue weighted by Crippen LogP contribution is -2.49. The van der Waals surface area contributed by atoms with Crippen LogP contribution in [0.1, 0.15) is 19.5 Å². The van der Waals surface area contributed by atoms with Gasteiger partial charge in [-0.15, -0.1) is 24.0 Å². The van der Waals surface area contributed by atoms with Crippen molar-refractivity contribution in [3.8, 4) is 0 Å². The van der Waals surface area contributed by atoms with Gasteiger partial charge in [0.15, 0.2) is 5.96 Å². The van der Waals surface area contributed by atoms with Crippen molar-refractivity contribution in [3.63, 3.8) is 0 Å². The number of aromatic nitrogens is 1. The maximum atomic E-state index is 4.76. The van der Waals surface area contributed by atoms with Gasteiger partial charge in [-0.1, -0.05) is 6.07 Å². The minimum atomic E-state index is 0. The van der Waals surface area contributed by atoms with Gasteiger partial charge in [0, 0.05) is 63.6 Å². The lowest BCUT2D eigenvalue weighted by atomic mass is 10.2. The molecule has 1 saturated heterocycles. The Labute approximate surface area is 169 Å². The smallest absolute Gasteiger partial charge is 0.191 e. The number of aliphatic imine (C=N–C) groups is 1. The molecule has 2 rings (SSSR count). The molecule has 2 heterocycles. The Balaban J connectivity index is 0.00000312. The summed E-state index contributed by atoms with van der Waals surface area (Å²) in [5.74, 6) is 0.898. The van der Waals surface area contributed by atoms with Gasteiger partial charge in [0.1, 0.15) is 0 Å². The van der Waals surface area contributed by atoms with Crippen LogP contribution in [0.4, 0.5) is 0 Å². The van der Waals surface area contributed by atoms with Gasteiger partial charge in [0.05, 0.1) is 6.54 Å². The third-order valence-electron chi connectivity index (χ3n) is 4.42.